The minimum absolute atomic E-state index is 0.0849. The minimum atomic E-state index is -0.589. The van der Waals surface area contributed by atoms with E-state index in [1.54, 1.807) is 6.08 Å². The third-order valence-electron chi connectivity index (χ3n) is 7.98. The van der Waals surface area contributed by atoms with Gasteiger partial charge < -0.3 is 4.74 Å². The van der Waals surface area contributed by atoms with Crippen LogP contribution in [0.1, 0.15) is 53.4 Å². The van der Waals surface area contributed by atoms with Gasteiger partial charge in [-0.1, -0.05) is 26.8 Å². The molecule has 4 aliphatic carbocycles. The molecule has 0 aliphatic heterocycles. The van der Waals surface area contributed by atoms with Gasteiger partial charge in [0.05, 0.1) is 18.1 Å². The van der Waals surface area contributed by atoms with Crippen molar-refractivity contribution in [3.8, 4) is 0 Å². The molecule has 2 fully saturated rings. The van der Waals surface area contributed by atoms with E-state index in [2.05, 4.69) is 34.3 Å². The van der Waals surface area contributed by atoms with Crippen LogP contribution in [0.2, 0.25) is 0 Å². The van der Waals surface area contributed by atoms with E-state index in [1.165, 1.54) is 0 Å². The monoisotopic (exact) mass is 342 g/mol. The van der Waals surface area contributed by atoms with Gasteiger partial charge in [-0.2, -0.15) is 0 Å². The lowest BCUT2D eigenvalue weighted by molar-refractivity contribution is -0.149. The van der Waals surface area contributed by atoms with Crippen LogP contribution >= 0.6 is 0 Å². The van der Waals surface area contributed by atoms with Crippen LogP contribution in [0.15, 0.2) is 23.8 Å². The second kappa shape index (κ2) is 5.39. The van der Waals surface area contributed by atoms with Gasteiger partial charge in [0.25, 0.3) is 0 Å². The highest BCUT2D eigenvalue weighted by Gasteiger charge is 2.72. The highest BCUT2D eigenvalue weighted by Crippen LogP contribution is 2.72. The lowest BCUT2D eigenvalue weighted by atomic mass is 9.58. The highest BCUT2D eigenvalue weighted by molar-refractivity contribution is 6.01. The second-order valence-corrected chi connectivity index (χ2v) is 9.40. The van der Waals surface area contributed by atoms with Gasteiger partial charge >= 0.3 is 0 Å². The number of ether oxygens (including phenoxy) is 1. The van der Waals surface area contributed by atoms with Gasteiger partial charge in [0, 0.05) is 12.3 Å². The molecule has 25 heavy (non-hydrogen) atoms. The van der Waals surface area contributed by atoms with E-state index in [0.29, 0.717) is 30.6 Å². The molecule has 2 saturated carbocycles. The predicted octanol–water partition coefficient (Wildman–Crippen LogP) is 4.12. The third-order valence-corrected chi connectivity index (χ3v) is 7.98. The largest absolute Gasteiger partial charge is 0.369 e. The van der Waals surface area contributed by atoms with Crippen LogP contribution in [0.5, 0.6) is 0 Å². The molecule has 3 nitrogen and oxygen atoms in total. The first-order valence-corrected chi connectivity index (χ1v) is 9.78. The van der Waals surface area contributed by atoms with Crippen molar-refractivity contribution in [1.29, 1.82) is 0 Å². The smallest absolute Gasteiger partial charge is 0.162 e. The number of Topliss-reactive ketones (excluding diaryl/α,β-unsaturated/α-hetero) is 2. The summed E-state index contributed by atoms with van der Waals surface area (Å²) in [6, 6.07) is 0. The zero-order valence-corrected chi connectivity index (χ0v) is 15.9. The summed E-state index contributed by atoms with van der Waals surface area (Å²) in [4.78, 5) is 26.7. The average molecular weight is 342 g/mol. The molecule has 0 radical (unpaired) electrons. The van der Waals surface area contributed by atoms with Crippen LogP contribution < -0.4 is 0 Å². The van der Waals surface area contributed by atoms with Crippen molar-refractivity contribution in [2.45, 2.75) is 59.5 Å². The normalized spacial score (nSPS) is 44.7. The number of hydrogen-bond donors (Lipinski definition) is 0. The Morgan fingerprint density at radius 1 is 1.20 bits per heavy atom. The fourth-order valence-corrected chi connectivity index (χ4v) is 6.60. The molecule has 3 heteroatoms. The van der Waals surface area contributed by atoms with Crippen molar-refractivity contribution in [2.24, 2.45) is 34.5 Å². The Morgan fingerprint density at radius 2 is 1.92 bits per heavy atom. The fraction of sp³-hybridized carbons (Fsp3) is 0.727. The number of hydrogen-bond acceptors (Lipinski definition) is 3. The van der Waals surface area contributed by atoms with E-state index in [9.17, 15) is 9.59 Å². The van der Waals surface area contributed by atoms with Gasteiger partial charge in [-0.3, -0.25) is 9.59 Å². The Hall–Kier alpha value is -1.22. The van der Waals surface area contributed by atoms with Crippen molar-refractivity contribution in [3.05, 3.63) is 23.8 Å². The van der Waals surface area contributed by atoms with Crippen molar-refractivity contribution < 1.29 is 14.3 Å². The number of allylic oxidation sites excluding steroid dienone is 1. The number of fused-ring (bicyclic) bond motifs is 3. The van der Waals surface area contributed by atoms with Gasteiger partial charge in [0.2, 0.25) is 0 Å². The molecule has 0 heterocycles. The summed E-state index contributed by atoms with van der Waals surface area (Å²) in [6.45, 7) is 12.9. The standard InChI is InChI=1S/C22H30O3/c1-6-10-25-20-14-9-7-8-13(14)19(24)12(2)17-18-15(21(18,3)4)11-16(23)22(17,20)5/h6,12,15,17-18,20H,1,7-11H2,2-5H3/t12-,15-,17+,18-,20+,22+/m0/s1. The van der Waals surface area contributed by atoms with Crippen LogP contribution in [-0.2, 0) is 14.3 Å². The first-order chi connectivity index (χ1) is 11.8. The fourth-order valence-electron chi connectivity index (χ4n) is 6.60. The molecule has 4 rings (SSSR count). The van der Waals surface area contributed by atoms with Gasteiger partial charge in [-0.15, -0.1) is 6.58 Å². The van der Waals surface area contributed by atoms with Crippen molar-refractivity contribution in [3.63, 3.8) is 0 Å². The summed E-state index contributed by atoms with van der Waals surface area (Å²) in [7, 11) is 0. The lowest BCUT2D eigenvalue weighted by Crippen LogP contribution is -2.52. The number of carbonyl (C=O) groups excluding carboxylic acids is 2. The molecule has 6 atom stereocenters. The number of ketones is 2. The Bertz CT molecular complexity index is 685. The van der Waals surface area contributed by atoms with Gasteiger partial charge in [0.15, 0.2) is 5.78 Å². The topological polar surface area (TPSA) is 43.4 Å². The summed E-state index contributed by atoms with van der Waals surface area (Å²) < 4.78 is 6.25. The molecule has 0 amide bonds. The maximum absolute atomic E-state index is 13.4. The predicted molar refractivity (Wildman–Crippen MR) is 97.0 cm³/mol. The van der Waals surface area contributed by atoms with Crippen LogP contribution in [0.25, 0.3) is 0 Å². The average Bonchev–Trinajstić information content (AvgIpc) is 2.93. The molecule has 0 aromatic heterocycles. The number of carbonyl (C=O) groups is 2. The van der Waals surface area contributed by atoms with Gasteiger partial charge in [-0.05, 0) is 60.5 Å². The molecule has 0 bridgehead atoms. The van der Waals surface area contributed by atoms with Crippen LogP contribution in [0.4, 0.5) is 0 Å². The van der Waals surface area contributed by atoms with E-state index < -0.39 is 5.41 Å². The zero-order valence-electron chi connectivity index (χ0n) is 15.9. The van der Waals surface area contributed by atoms with E-state index in [0.717, 1.165) is 30.4 Å². The maximum atomic E-state index is 13.4. The summed E-state index contributed by atoms with van der Waals surface area (Å²) in [5, 5.41) is 0. The molecule has 0 aromatic carbocycles. The van der Waals surface area contributed by atoms with Crippen LogP contribution in [0.3, 0.4) is 0 Å². The second-order valence-electron chi connectivity index (χ2n) is 9.40. The molecule has 0 N–H and O–H groups in total. The van der Waals surface area contributed by atoms with E-state index in [1.807, 2.05) is 0 Å². The lowest BCUT2D eigenvalue weighted by Gasteiger charge is -2.46. The molecular weight excluding hydrogens is 312 g/mol. The molecule has 0 saturated heterocycles. The van der Waals surface area contributed by atoms with E-state index in [4.69, 9.17) is 4.74 Å². The van der Waals surface area contributed by atoms with Crippen molar-refractivity contribution >= 4 is 11.6 Å². The van der Waals surface area contributed by atoms with Gasteiger partial charge in [0.1, 0.15) is 5.78 Å². The molecule has 4 aliphatic rings. The Morgan fingerprint density at radius 3 is 2.60 bits per heavy atom. The highest BCUT2D eigenvalue weighted by atomic mass is 16.5. The zero-order chi connectivity index (χ0) is 18.1. The quantitative estimate of drug-likeness (QED) is 0.725. The van der Waals surface area contributed by atoms with Crippen LogP contribution in [-0.4, -0.2) is 24.3 Å². The molecule has 0 unspecified atom stereocenters. The summed E-state index contributed by atoms with van der Waals surface area (Å²) in [6.07, 6.45) is 4.88. The first kappa shape index (κ1) is 17.2. The van der Waals surface area contributed by atoms with Crippen molar-refractivity contribution in [2.75, 3.05) is 6.61 Å². The van der Waals surface area contributed by atoms with Gasteiger partial charge in [-0.25, -0.2) is 0 Å². The van der Waals surface area contributed by atoms with E-state index >= 15 is 0 Å². The first-order valence-electron chi connectivity index (χ1n) is 9.78. The maximum Gasteiger partial charge on any atom is 0.162 e. The molecule has 136 valence electrons. The Balaban J connectivity index is 1.87. The molecule has 0 aromatic rings. The summed E-state index contributed by atoms with van der Waals surface area (Å²) in [5.41, 5.74) is 1.66. The SMILES string of the molecule is C=CCO[C@@H]1C2=C(CCC2)C(=O)[C@@H](C)[C@@H]2[C@@H]3[C@H](CC(=O)[C@]21C)C3(C)C. The molecular formula is C22H30O3. The van der Waals surface area contributed by atoms with E-state index in [-0.39, 0.29) is 29.1 Å². The Kier molecular flexibility index (Phi) is 3.71. The van der Waals surface area contributed by atoms with Crippen molar-refractivity contribution in [1.82, 2.24) is 0 Å². The summed E-state index contributed by atoms with van der Waals surface area (Å²) >= 11 is 0. The summed E-state index contributed by atoms with van der Waals surface area (Å²) in [5.74, 6) is 1.46. The molecule has 0 spiro atoms. The Labute approximate surface area is 150 Å². The van der Waals surface area contributed by atoms with Crippen LogP contribution in [0, 0.1) is 34.5 Å². The third kappa shape index (κ3) is 2.08. The number of rotatable bonds is 3. The minimum Gasteiger partial charge on any atom is -0.369 e.